The maximum absolute atomic E-state index is 12.0. The number of carbonyl (C=O) groups is 1. The van der Waals surface area contributed by atoms with Crippen molar-refractivity contribution >= 4 is 28.5 Å². The van der Waals surface area contributed by atoms with Crippen molar-refractivity contribution in [2.75, 3.05) is 18.9 Å². The molecule has 1 aromatic heterocycles. The summed E-state index contributed by atoms with van der Waals surface area (Å²) in [6, 6.07) is 9.84. The molecule has 6 heteroatoms. The Kier molecular flexibility index (Phi) is 5.59. The fourth-order valence-electron chi connectivity index (χ4n) is 1.71. The minimum Gasteiger partial charge on any atom is -0.299 e. The smallest absolute Gasteiger partial charge is 0.243 e. The zero-order chi connectivity index (χ0) is 15.1. The maximum atomic E-state index is 12.0. The van der Waals surface area contributed by atoms with Gasteiger partial charge >= 0.3 is 0 Å². The van der Waals surface area contributed by atoms with Crippen LogP contribution in [0.2, 0.25) is 0 Å². The van der Waals surface area contributed by atoms with E-state index >= 15 is 0 Å². The highest BCUT2D eigenvalue weighted by atomic mass is 32.1. The van der Waals surface area contributed by atoms with Crippen LogP contribution in [0.5, 0.6) is 0 Å². The van der Waals surface area contributed by atoms with E-state index < -0.39 is 0 Å². The molecule has 2 rings (SSSR count). The van der Waals surface area contributed by atoms with E-state index in [0.717, 1.165) is 5.56 Å². The quantitative estimate of drug-likeness (QED) is 0.891. The predicted octanol–water partition coefficient (Wildman–Crippen LogP) is 2.51. The molecule has 0 aliphatic rings. The first kappa shape index (κ1) is 15.3. The normalized spacial score (nSPS) is 12.7. The number of rotatable bonds is 6. The molecule has 0 bridgehead atoms. The molecule has 2 aromatic rings. The van der Waals surface area contributed by atoms with Crippen molar-refractivity contribution in [3.8, 4) is 0 Å². The molecule has 0 aliphatic heterocycles. The molecular formula is C15H18N4OS. The highest BCUT2D eigenvalue weighted by Gasteiger charge is 2.17. The molecular weight excluding hydrogens is 284 g/mol. The SMILES string of the molecule is C[C@@H](C(=O)Nc1nncs1)N(C)C/C=C/c1ccccc1. The Morgan fingerprint density at radius 3 is 2.86 bits per heavy atom. The van der Waals surface area contributed by atoms with Crippen LogP contribution in [0, 0.1) is 0 Å². The number of nitrogens with zero attached hydrogens (tertiary/aromatic N) is 3. The van der Waals surface area contributed by atoms with Gasteiger partial charge in [-0.05, 0) is 19.5 Å². The molecule has 0 saturated heterocycles. The molecule has 1 atom stereocenters. The summed E-state index contributed by atoms with van der Waals surface area (Å²) >= 11 is 1.31. The van der Waals surface area contributed by atoms with Crippen molar-refractivity contribution < 1.29 is 4.79 Å². The zero-order valence-corrected chi connectivity index (χ0v) is 12.9. The number of benzene rings is 1. The Morgan fingerprint density at radius 2 is 2.19 bits per heavy atom. The van der Waals surface area contributed by atoms with Crippen LogP contribution in [-0.4, -0.2) is 40.6 Å². The number of anilines is 1. The second-order valence-corrected chi connectivity index (χ2v) is 5.49. The van der Waals surface area contributed by atoms with E-state index in [2.05, 4.69) is 15.5 Å². The van der Waals surface area contributed by atoms with Gasteiger partial charge < -0.3 is 0 Å². The summed E-state index contributed by atoms with van der Waals surface area (Å²) in [7, 11) is 1.92. The molecule has 0 saturated carbocycles. The van der Waals surface area contributed by atoms with Gasteiger partial charge in [0.15, 0.2) is 0 Å². The summed E-state index contributed by atoms with van der Waals surface area (Å²) in [6.07, 6.45) is 4.09. The standard InChI is InChI=1S/C15H18N4OS/c1-12(14(20)17-15-18-16-11-21-15)19(2)10-6-9-13-7-4-3-5-8-13/h3-9,11-12H,10H2,1-2H3,(H,17,18,20)/b9-6+/t12-/m0/s1. The van der Waals surface area contributed by atoms with Gasteiger partial charge in [0.1, 0.15) is 5.51 Å². The van der Waals surface area contributed by atoms with Gasteiger partial charge in [0.25, 0.3) is 0 Å². The van der Waals surface area contributed by atoms with Crippen molar-refractivity contribution in [2.24, 2.45) is 0 Å². The van der Waals surface area contributed by atoms with Crippen molar-refractivity contribution in [1.82, 2.24) is 15.1 Å². The highest BCUT2D eigenvalue weighted by Crippen LogP contribution is 2.09. The number of hydrogen-bond donors (Lipinski definition) is 1. The molecule has 1 N–H and O–H groups in total. The lowest BCUT2D eigenvalue weighted by atomic mass is 10.2. The van der Waals surface area contributed by atoms with E-state index in [9.17, 15) is 4.79 Å². The molecule has 0 fully saturated rings. The van der Waals surface area contributed by atoms with Crippen LogP contribution < -0.4 is 5.32 Å². The summed E-state index contributed by atoms with van der Waals surface area (Å²) in [5, 5.41) is 10.8. The van der Waals surface area contributed by atoms with E-state index in [1.54, 1.807) is 5.51 Å². The van der Waals surface area contributed by atoms with Gasteiger partial charge in [0.2, 0.25) is 11.0 Å². The van der Waals surface area contributed by atoms with E-state index in [0.29, 0.717) is 11.7 Å². The van der Waals surface area contributed by atoms with Crippen LogP contribution in [-0.2, 0) is 4.79 Å². The molecule has 1 amide bonds. The Bertz CT molecular complexity index is 583. The molecule has 21 heavy (non-hydrogen) atoms. The molecule has 110 valence electrons. The first-order chi connectivity index (χ1) is 10.2. The van der Waals surface area contributed by atoms with Crippen LogP contribution in [0.4, 0.5) is 5.13 Å². The predicted molar refractivity (Wildman–Crippen MR) is 86.1 cm³/mol. The van der Waals surface area contributed by atoms with E-state index in [1.807, 2.05) is 61.4 Å². The van der Waals surface area contributed by atoms with Crippen LogP contribution in [0.3, 0.4) is 0 Å². The van der Waals surface area contributed by atoms with Crippen LogP contribution in [0.25, 0.3) is 6.08 Å². The number of hydrogen-bond acceptors (Lipinski definition) is 5. The monoisotopic (exact) mass is 302 g/mol. The number of amides is 1. The average molecular weight is 302 g/mol. The molecule has 0 unspecified atom stereocenters. The number of nitrogens with one attached hydrogen (secondary N) is 1. The van der Waals surface area contributed by atoms with Crippen LogP contribution in [0.1, 0.15) is 12.5 Å². The van der Waals surface area contributed by atoms with Crippen LogP contribution >= 0.6 is 11.3 Å². The zero-order valence-electron chi connectivity index (χ0n) is 12.1. The largest absolute Gasteiger partial charge is 0.299 e. The fraction of sp³-hybridized carbons (Fsp3) is 0.267. The Balaban J connectivity index is 1.83. The maximum Gasteiger partial charge on any atom is 0.243 e. The van der Waals surface area contributed by atoms with Gasteiger partial charge in [-0.15, -0.1) is 10.2 Å². The number of likely N-dealkylation sites (N-methyl/N-ethyl adjacent to an activating group) is 1. The third kappa shape index (κ3) is 4.77. The van der Waals surface area contributed by atoms with Crippen molar-refractivity contribution in [3.05, 3.63) is 47.5 Å². The number of carbonyl (C=O) groups excluding carboxylic acids is 1. The fourth-order valence-corrected chi connectivity index (χ4v) is 2.16. The highest BCUT2D eigenvalue weighted by molar-refractivity contribution is 7.13. The Hall–Kier alpha value is -2.05. The summed E-state index contributed by atoms with van der Waals surface area (Å²) in [4.78, 5) is 14.0. The summed E-state index contributed by atoms with van der Waals surface area (Å²) in [5.74, 6) is -0.0811. The van der Waals surface area contributed by atoms with Gasteiger partial charge in [0, 0.05) is 6.54 Å². The average Bonchev–Trinajstić information content (AvgIpc) is 3.00. The molecule has 1 heterocycles. The first-order valence-corrected chi connectivity index (χ1v) is 7.53. The van der Waals surface area contributed by atoms with Gasteiger partial charge in [-0.3, -0.25) is 15.0 Å². The topological polar surface area (TPSA) is 58.1 Å². The van der Waals surface area contributed by atoms with Crippen molar-refractivity contribution in [3.63, 3.8) is 0 Å². The van der Waals surface area contributed by atoms with E-state index in [-0.39, 0.29) is 11.9 Å². The third-order valence-electron chi connectivity index (χ3n) is 3.13. The van der Waals surface area contributed by atoms with Crippen molar-refractivity contribution in [2.45, 2.75) is 13.0 Å². The van der Waals surface area contributed by atoms with Gasteiger partial charge in [-0.2, -0.15) is 0 Å². The lowest BCUT2D eigenvalue weighted by Crippen LogP contribution is -2.39. The van der Waals surface area contributed by atoms with E-state index in [4.69, 9.17) is 0 Å². The lowest BCUT2D eigenvalue weighted by molar-refractivity contribution is -0.120. The second-order valence-electron chi connectivity index (χ2n) is 4.66. The van der Waals surface area contributed by atoms with Crippen molar-refractivity contribution in [1.29, 1.82) is 0 Å². The van der Waals surface area contributed by atoms with Crippen LogP contribution in [0.15, 0.2) is 41.9 Å². The molecule has 1 aromatic carbocycles. The Labute approximate surface area is 128 Å². The molecule has 5 nitrogen and oxygen atoms in total. The minimum atomic E-state index is -0.241. The van der Waals surface area contributed by atoms with E-state index in [1.165, 1.54) is 11.3 Å². The minimum absolute atomic E-state index is 0.0811. The summed E-state index contributed by atoms with van der Waals surface area (Å²) in [6.45, 7) is 2.56. The molecule has 0 radical (unpaired) electrons. The van der Waals surface area contributed by atoms with Gasteiger partial charge in [-0.25, -0.2) is 0 Å². The number of aromatic nitrogens is 2. The summed E-state index contributed by atoms with van der Waals surface area (Å²) in [5.41, 5.74) is 2.74. The lowest BCUT2D eigenvalue weighted by Gasteiger charge is -2.21. The Morgan fingerprint density at radius 1 is 1.43 bits per heavy atom. The first-order valence-electron chi connectivity index (χ1n) is 6.65. The molecule has 0 spiro atoms. The third-order valence-corrected chi connectivity index (χ3v) is 3.74. The summed E-state index contributed by atoms with van der Waals surface area (Å²) < 4.78 is 0. The second kappa shape index (κ2) is 7.66. The van der Waals surface area contributed by atoms with Gasteiger partial charge in [0.05, 0.1) is 6.04 Å². The molecule has 0 aliphatic carbocycles. The van der Waals surface area contributed by atoms with Gasteiger partial charge in [-0.1, -0.05) is 53.8 Å².